The van der Waals surface area contributed by atoms with E-state index in [1.54, 1.807) is 0 Å². The predicted octanol–water partition coefficient (Wildman–Crippen LogP) is 4.80. The van der Waals surface area contributed by atoms with Gasteiger partial charge in [-0.1, -0.05) is 44.4 Å². The fraction of sp³-hybridized carbons (Fsp3) is 0.600. The quantitative estimate of drug-likeness (QED) is 0.768. The van der Waals surface area contributed by atoms with E-state index in [0.717, 1.165) is 18.0 Å². The van der Waals surface area contributed by atoms with Crippen LogP contribution in [0.25, 0.3) is 0 Å². The zero-order valence-corrected chi connectivity index (χ0v) is 12.2. The van der Waals surface area contributed by atoms with Crippen LogP contribution in [0.3, 0.4) is 0 Å². The second kappa shape index (κ2) is 7.03. The van der Waals surface area contributed by atoms with E-state index in [1.807, 2.05) is 0 Å². The number of halogens is 1. The van der Waals surface area contributed by atoms with Crippen molar-refractivity contribution in [2.24, 2.45) is 0 Å². The van der Waals surface area contributed by atoms with Crippen LogP contribution in [0.15, 0.2) is 12.1 Å². The van der Waals surface area contributed by atoms with Gasteiger partial charge in [-0.25, -0.2) is 0 Å². The molecule has 1 nitrogen and oxygen atoms in total. The fourth-order valence-electron chi connectivity index (χ4n) is 2.09. The maximum absolute atomic E-state index is 6.37. The van der Waals surface area contributed by atoms with Gasteiger partial charge in [-0.2, -0.15) is 0 Å². The van der Waals surface area contributed by atoms with Crippen molar-refractivity contribution in [1.29, 1.82) is 0 Å². The Bertz CT molecular complexity index is 360. The Morgan fingerprint density at radius 2 is 1.82 bits per heavy atom. The molecular formula is C15H24ClN. The van der Waals surface area contributed by atoms with Crippen molar-refractivity contribution < 1.29 is 0 Å². The van der Waals surface area contributed by atoms with Crippen molar-refractivity contribution in [1.82, 2.24) is 5.32 Å². The molecular weight excluding hydrogens is 230 g/mol. The molecule has 17 heavy (non-hydrogen) atoms. The Hall–Kier alpha value is -0.530. The van der Waals surface area contributed by atoms with Crippen LogP contribution < -0.4 is 5.32 Å². The largest absolute Gasteiger partial charge is 0.310 e. The first kappa shape index (κ1) is 14.5. The number of aryl methyl sites for hydroxylation is 2. The summed E-state index contributed by atoms with van der Waals surface area (Å²) in [6.45, 7) is 9.62. The number of rotatable bonds is 6. The van der Waals surface area contributed by atoms with Gasteiger partial charge in [0.25, 0.3) is 0 Å². The summed E-state index contributed by atoms with van der Waals surface area (Å²) in [4.78, 5) is 0. The minimum atomic E-state index is 0.395. The molecule has 1 unspecified atom stereocenters. The smallest absolute Gasteiger partial charge is 0.0456 e. The van der Waals surface area contributed by atoms with Crippen molar-refractivity contribution >= 4 is 11.6 Å². The summed E-state index contributed by atoms with van der Waals surface area (Å²) in [7, 11) is 0. The molecule has 0 aliphatic carbocycles. The second-order valence-corrected chi connectivity index (χ2v) is 5.12. The Labute approximate surface area is 111 Å². The highest BCUT2D eigenvalue weighted by atomic mass is 35.5. The van der Waals surface area contributed by atoms with Crippen LogP contribution in [0.2, 0.25) is 5.02 Å². The van der Waals surface area contributed by atoms with Gasteiger partial charge in [0.2, 0.25) is 0 Å². The minimum Gasteiger partial charge on any atom is -0.310 e. The van der Waals surface area contributed by atoms with Crippen LogP contribution in [-0.4, -0.2) is 6.54 Å². The molecule has 1 N–H and O–H groups in total. The number of hydrogen-bond acceptors (Lipinski definition) is 1. The zero-order chi connectivity index (χ0) is 12.8. The Kier molecular flexibility index (Phi) is 6.01. The molecule has 0 aliphatic heterocycles. The van der Waals surface area contributed by atoms with Crippen LogP contribution in [0.5, 0.6) is 0 Å². The molecule has 0 bridgehead atoms. The standard InChI is InChI=1S/C15H24ClN/c1-5-7-8-15(17-6-2)13-9-11(3)12(4)10-14(13)16/h9-10,15,17H,5-8H2,1-4H3. The first-order chi connectivity index (χ1) is 8.10. The van der Waals surface area contributed by atoms with Gasteiger partial charge in [-0.3, -0.25) is 0 Å². The molecule has 1 aromatic rings. The van der Waals surface area contributed by atoms with Gasteiger partial charge >= 0.3 is 0 Å². The average Bonchev–Trinajstić information content (AvgIpc) is 2.29. The molecule has 0 aliphatic rings. The lowest BCUT2D eigenvalue weighted by Gasteiger charge is -2.20. The third-order valence-electron chi connectivity index (χ3n) is 3.29. The lowest BCUT2D eigenvalue weighted by Crippen LogP contribution is -2.21. The number of nitrogens with one attached hydrogen (secondary N) is 1. The molecule has 0 heterocycles. The molecule has 0 aromatic heterocycles. The van der Waals surface area contributed by atoms with Gasteiger partial charge in [0.15, 0.2) is 0 Å². The van der Waals surface area contributed by atoms with E-state index in [4.69, 9.17) is 11.6 Å². The molecule has 1 atom stereocenters. The predicted molar refractivity (Wildman–Crippen MR) is 76.9 cm³/mol. The van der Waals surface area contributed by atoms with Crippen LogP contribution in [-0.2, 0) is 0 Å². The summed E-state index contributed by atoms with van der Waals surface area (Å²) in [5.41, 5.74) is 3.85. The summed E-state index contributed by atoms with van der Waals surface area (Å²) >= 11 is 6.37. The molecule has 0 radical (unpaired) electrons. The van der Waals surface area contributed by atoms with Gasteiger partial charge in [0.1, 0.15) is 0 Å². The van der Waals surface area contributed by atoms with Crippen molar-refractivity contribution in [3.05, 3.63) is 33.8 Å². The summed E-state index contributed by atoms with van der Waals surface area (Å²) in [5, 5.41) is 4.44. The van der Waals surface area contributed by atoms with Crippen molar-refractivity contribution in [2.45, 2.75) is 53.0 Å². The highest BCUT2D eigenvalue weighted by Crippen LogP contribution is 2.29. The normalized spacial score (nSPS) is 12.8. The highest BCUT2D eigenvalue weighted by Gasteiger charge is 2.14. The molecule has 0 spiro atoms. The van der Waals surface area contributed by atoms with Crippen molar-refractivity contribution in [2.75, 3.05) is 6.54 Å². The van der Waals surface area contributed by atoms with E-state index in [1.165, 1.54) is 29.5 Å². The van der Waals surface area contributed by atoms with E-state index >= 15 is 0 Å². The SMILES string of the molecule is CCCCC(NCC)c1cc(C)c(C)cc1Cl. The van der Waals surface area contributed by atoms with Crippen LogP contribution in [0, 0.1) is 13.8 Å². The number of unbranched alkanes of at least 4 members (excludes halogenated alkanes) is 1. The average molecular weight is 254 g/mol. The molecule has 0 fully saturated rings. The summed E-state index contributed by atoms with van der Waals surface area (Å²) in [6, 6.07) is 4.72. The molecule has 0 saturated heterocycles. The number of benzene rings is 1. The molecule has 0 saturated carbocycles. The Morgan fingerprint density at radius 3 is 2.41 bits per heavy atom. The fourth-order valence-corrected chi connectivity index (χ4v) is 2.44. The van der Waals surface area contributed by atoms with Gasteiger partial charge in [-0.15, -0.1) is 0 Å². The molecule has 2 heteroatoms. The lowest BCUT2D eigenvalue weighted by atomic mass is 9.97. The Morgan fingerprint density at radius 1 is 1.18 bits per heavy atom. The van der Waals surface area contributed by atoms with E-state index in [0.29, 0.717) is 6.04 Å². The van der Waals surface area contributed by atoms with Gasteiger partial charge in [0, 0.05) is 11.1 Å². The molecule has 1 rings (SSSR count). The maximum Gasteiger partial charge on any atom is 0.0456 e. The topological polar surface area (TPSA) is 12.0 Å². The van der Waals surface area contributed by atoms with Gasteiger partial charge in [0.05, 0.1) is 0 Å². The minimum absolute atomic E-state index is 0.395. The number of hydrogen-bond donors (Lipinski definition) is 1. The molecule has 0 amide bonds. The van der Waals surface area contributed by atoms with Gasteiger partial charge < -0.3 is 5.32 Å². The summed E-state index contributed by atoms with van der Waals surface area (Å²) in [6.07, 6.45) is 3.62. The maximum atomic E-state index is 6.37. The van der Waals surface area contributed by atoms with E-state index < -0.39 is 0 Å². The van der Waals surface area contributed by atoms with Crippen LogP contribution in [0.1, 0.15) is 55.8 Å². The first-order valence-electron chi connectivity index (χ1n) is 6.60. The lowest BCUT2D eigenvalue weighted by molar-refractivity contribution is 0.494. The molecule has 1 aromatic carbocycles. The monoisotopic (exact) mass is 253 g/mol. The van der Waals surface area contributed by atoms with E-state index in [2.05, 4.69) is 45.1 Å². The third kappa shape index (κ3) is 4.01. The summed E-state index contributed by atoms with van der Waals surface area (Å²) < 4.78 is 0. The van der Waals surface area contributed by atoms with Crippen molar-refractivity contribution in [3.63, 3.8) is 0 Å². The first-order valence-corrected chi connectivity index (χ1v) is 6.98. The summed E-state index contributed by atoms with van der Waals surface area (Å²) in [5.74, 6) is 0. The highest BCUT2D eigenvalue weighted by molar-refractivity contribution is 6.31. The third-order valence-corrected chi connectivity index (χ3v) is 3.61. The Balaban J connectivity index is 2.96. The van der Waals surface area contributed by atoms with E-state index in [9.17, 15) is 0 Å². The van der Waals surface area contributed by atoms with Crippen LogP contribution >= 0.6 is 11.6 Å². The molecule has 96 valence electrons. The van der Waals surface area contributed by atoms with E-state index in [-0.39, 0.29) is 0 Å². The van der Waals surface area contributed by atoms with Crippen molar-refractivity contribution in [3.8, 4) is 0 Å². The van der Waals surface area contributed by atoms with Gasteiger partial charge in [-0.05, 0) is 49.6 Å². The second-order valence-electron chi connectivity index (χ2n) is 4.71. The van der Waals surface area contributed by atoms with Crippen LogP contribution in [0.4, 0.5) is 0 Å². The zero-order valence-electron chi connectivity index (χ0n) is 11.4.